The Morgan fingerprint density at radius 1 is 1.08 bits per heavy atom. The van der Waals surface area contributed by atoms with E-state index in [-0.39, 0.29) is 10.4 Å². The van der Waals surface area contributed by atoms with Crippen molar-refractivity contribution < 1.29 is 4.79 Å². The number of amides is 1. The van der Waals surface area contributed by atoms with Crippen LogP contribution in [0, 0.1) is 0 Å². The van der Waals surface area contributed by atoms with Crippen molar-refractivity contribution in [1.29, 1.82) is 0 Å². The first-order valence-electron chi connectivity index (χ1n) is 8.47. The van der Waals surface area contributed by atoms with Gasteiger partial charge in [-0.25, -0.2) is 9.79 Å². The van der Waals surface area contributed by atoms with Crippen molar-refractivity contribution in [1.82, 2.24) is 9.38 Å². The standard InChI is InChI=1S/C20H21N4O/c1-23(2)12-11-21-18-13-24(19-10-6-4-7-15(18)19)14-22-17-9-5-3-8-16(17)20(24)25/h3-10,14H,11-13H2,1-2H3/q+1. The van der Waals surface area contributed by atoms with Crippen LogP contribution in [-0.4, -0.2) is 56.6 Å². The zero-order chi connectivity index (χ0) is 17.4. The molecule has 1 unspecified atom stereocenters. The maximum Gasteiger partial charge on any atom is 0.359 e. The largest absolute Gasteiger partial charge is 0.359 e. The van der Waals surface area contributed by atoms with Gasteiger partial charge >= 0.3 is 5.91 Å². The minimum absolute atomic E-state index is 0.0656. The molecule has 0 N–H and O–H groups in total. The fourth-order valence-corrected chi connectivity index (χ4v) is 3.47. The number of benzene rings is 2. The predicted octanol–water partition coefficient (Wildman–Crippen LogP) is 2.87. The highest BCUT2D eigenvalue weighted by molar-refractivity contribution is 6.26. The molecule has 0 aromatic heterocycles. The third-order valence-corrected chi connectivity index (χ3v) is 4.78. The quantitative estimate of drug-likeness (QED) is 0.811. The highest BCUT2D eigenvalue weighted by Crippen LogP contribution is 2.39. The third kappa shape index (κ3) is 2.52. The van der Waals surface area contributed by atoms with Crippen molar-refractivity contribution in [2.75, 3.05) is 33.7 Å². The molecule has 0 fully saturated rings. The average molecular weight is 333 g/mol. The number of hydrogen-bond acceptors (Lipinski definition) is 4. The van der Waals surface area contributed by atoms with Gasteiger partial charge in [-0.2, -0.15) is 4.48 Å². The summed E-state index contributed by atoms with van der Waals surface area (Å²) in [5, 5.41) is 0. The Balaban J connectivity index is 1.79. The first-order chi connectivity index (χ1) is 12.1. The number of hydrogen-bond donors (Lipinski definition) is 0. The van der Waals surface area contributed by atoms with E-state index in [1.54, 1.807) is 6.34 Å². The highest BCUT2D eigenvalue weighted by atomic mass is 16.2. The molecular formula is C20H21N4O+. The molecule has 2 aromatic carbocycles. The molecule has 0 bridgehead atoms. The molecule has 2 aliphatic rings. The number of para-hydroxylation sites is 2. The second-order valence-electron chi connectivity index (χ2n) is 6.74. The molecule has 2 heterocycles. The molecule has 1 amide bonds. The van der Waals surface area contributed by atoms with Gasteiger partial charge in [-0.1, -0.05) is 24.3 Å². The van der Waals surface area contributed by atoms with Crippen molar-refractivity contribution >= 4 is 29.3 Å². The normalized spacial score (nSPS) is 22.7. The van der Waals surface area contributed by atoms with Crippen LogP contribution in [0.2, 0.25) is 0 Å². The summed E-state index contributed by atoms with van der Waals surface area (Å²) < 4.78 is 0.105. The van der Waals surface area contributed by atoms with E-state index < -0.39 is 0 Å². The molecule has 0 saturated heterocycles. The van der Waals surface area contributed by atoms with E-state index in [0.717, 1.165) is 35.7 Å². The van der Waals surface area contributed by atoms with E-state index in [4.69, 9.17) is 4.99 Å². The molecule has 1 spiro atoms. The topological polar surface area (TPSA) is 45.0 Å². The van der Waals surface area contributed by atoms with Crippen molar-refractivity contribution in [2.24, 2.45) is 9.98 Å². The molecule has 25 heavy (non-hydrogen) atoms. The number of fused-ring (bicyclic) bond motifs is 3. The van der Waals surface area contributed by atoms with Crippen LogP contribution in [0.25, 0.3) is 0 Å². The maximum absolute atomic E-state index is 13.3. The second-order valence-corrected chi connectivity index (χ2v) is 6.74. The fraction of sp³-hybridized carbons (Fsp3) is 0.250. The molecule has 0 saturated carbocycles. The van der Waals surface area contributed by atoms with Crippen molar-refractivity contribution in [3.63, 3.8) is 0 Å². The Bertz CT molecular complexity index is 900. The number of aliphatic imine (C=N–C) groups is 2. The fourth-order valence-electron chi connectivity index (χ4n) is 3.47. The lowest BCUT2D eigenvalue weighted by Gasteiger charge is -2.28. The van der Waals surface area contributed by atoms with Gasteiger partial charge in [-0.15, -0.1) is 0 Å². The van der Waals surface area contributed by atoms with Crippen LogP contribution in [0.5, 0.6) is 0 Å². The average Bonchev–Trinajstić information content (AvgIpc) is 2.94. The minimum Gasteiger partial charge on any atom is -0.308 e. The van der Waals surface area contributed by atoms with E-state index >= 15 is 0 Å². The Hall–Kier alpha value is -2.63. The number of carbonyl (C=O) groups is 1. The molecule has 1 atom stereocenters. The molecule has 2 aromatic rings. The smallest absolute Gasteiger partial charge is 0.308 e. The first kappa shape index (κ1) is 15.9. The summed E-state index contributed by atoms with van der Waals surface area (Å²) in [7, 11) is 4.07. The van der Waals surface area contributed by atoms with Crippen molar-refractivity contribution in [3.05, 3.63) is 59.7 Å². The lowest BCUT2D eigenvalue weighted by Crippen LogP contribution is -2.54. The summed E-state index contributed by atoms with van der Waals surface area (Å²) in [4.78, 5) is 24.8. The Morgan fingerprint density at radius 2 is 1.80 bits per heavy atom. The number of rotatable bonds is 3. The molecule has 5 heteroatoms. The SMILES string of the molecule is CN(C)CCN=C1C[N+]2(C=Nc3ccccc3C2=O)c2ccccc21. The van der Waals surface area contributed by atoms with E-state index in [0.29, 0.717) is 12.1 Å². The van der Waals surface area contributed by atoms with E-state index in [1.807, 2.05) is 56.6 Å². The van der Waals surface area contributed by atoms with Crippen LogP contribution >= 0.6 is 0 Å². The molecule has 0 aliphatic carbocycles. The summed E-state index contributed by atoms with van der Waals surface area (Å²) in [5.74, 6) is 0.0656. The summed E-state index contributed by atoms with van der Waals surface area (Å²) in [6.07, 6.45) is 1.78. The van der Waals surface area contributed by atoms with Crippen LogP contribution in [0.4, 0.5) is 11.4 Å². The zero-order valence-electron chi connectivity index (χ0n) is 14.5. The Morgan fingerprint density at radius 3 is 2.60 bits per heavy atom. The van der Waals surface area contributed by atoms with E-state index in [9.17, 15) is 4.79 Å². The van der Waals surface area contributed by atoms with Gasteiger partial charge in [-0.3, -0.25) is 4.99 Å². The molecule has 5 nitrogen and oxygen atoms in total. The molecular weight excluding hydrogens is 312 g/mol. The Kier molecular flexibility index (Phi) is 3.82. The third-order valence-electron chi connectivity index (χ3n) is 4.78. The highest BCUT2D eigenvalue weighted by Gasteiger charge is 2.50. The van der Waals surface area contributed by atoms with Crippen molar-refractivity contribution in [3.8, 4) is 0 Å². The summed E-state index contributed by atoms with van der Waals surface area (Å²) in [6, 6.07) is 15.6. The minimum atomic E-state index is 0.0656. The van der Waals surface area contributed by atoms with E-state index in [2.05, 4.69) is 16.0 Å². The van der Waals surface area contributed by atoms with Crippen LogP contribution in [0.15, 0.2) is 58.5 Å². The number of quaternary nitrogens is 1. The van der Waals surface area contributed by atoms with Gasteiger partial charge in [0.1, 0.15) is 17.8 Å². The number of carbonyl (C=O) groups excluding carboxylic acids is 1. The van der Waals surface area contributed by atoms with Crippen LogP contribution in [-0.2, 0) is 0 Å². The lowest BCUT2D eigenvalue weighted by molar-refractivity contribution is 0.0870. The monoisotopic (exact) mass is 333 g/mol. The van der Waals surface area contributed by atoms with Gasteiger partial charge < -0.3 is 4.90 Å². The first-order valence-corrected chi connectivity index (χ1v) is 8.47. The van der Waals surface area contributed by atoms with Gasteiger partial charge in [0.2, 0.25) is 6.34 Å². The zero-order valence-corrected chi connectivity index (χ0v) is 14.5. The summed E-state index contributed by atoms with van der Waals surface area (Å²) in [6.45, 7) is 2.14. The van der Waals surface area contributed by atoms with Gasteiger partial charge in [0.15, 0.2) is 5.69 Å². The molecule has 0 radical (unpaired) electrons. The van der Waals surface area contributed by atoms with Crippen molar-refractivity contribution in [2.45, 2.75) is 0 Å². The second kappa shape index (κ2) is 6.02. The molecule has 126 valence electrons. The molecule has 4 rings (SSSR count). The number of nitrogens with zero attached hydrogens (tertiary/aromatic N) is 4. The number of likely N-dealkylation sites (N-methyl/N-ethyl adjacent to an activating group) is 1. The van der Waals surface area contributed by atoms with Crippen LogP contribution in [0.1, 0.15) is 15.9 Å². The van der Waals surface area contributed by atoms with Gasteiger partial charge in [0.05, 0.1) is 17.8 Å². The lowest BCUT2D eigenvalue weighted by atomic mass is 10.1. The maximum atomic E-state index is 13.3. The van der Waals surface area contributed by atoms with Crippen LogP contribution in [0.3, 0.4) is 0 Å². The predicted molar refractivity (Wildman–Crippen MR) is 102 cm³/mol. The van der Waals surface area contributed by atoms with E-state index in [1.165, 1.54) is 0 Å². The van der Waals surface area contributed by atoms with Gasteiger partial charge in [-0.05, 0) is 32.3 Å². The summed E-state index contributed by atoms with van der Waals surface area (Å²) in [5.41, 5.74) is 4.42. The summed E-state index contributed by atoms with van der Waals surface area (Å²) >= 11 is 0. The van der Waals surface area contributed by atoms with Crippen LogP contribution < -0.4 is 4.48 Å². The Labute approximate surface area is 147 Å². The van der Waals surface area contributed by atoms with Gasteiger partial charge in [0.25, 0.3) is 0 Å². The van der Waals surface area contributed by atoms with Gasteiger partial charge in [0, 0.05) is 12.6 Å². The molecule has 2 aliphatic heterocycles.